The van der Waals surface area contributed by atoms with Crippen molar-refractivity contribution in [1.29, 1.82) is 0 Å². The minimum atomic E-state index is -0.241. The van der Waals surface area contributed by atoms with Crippen LogP contribution in [0.1, 0.15) is 32.2 Å². The Balaban J connectivity index is 0.00000100. The van der Waals surface area contributed by atoms with Gasteiger partial charge in [-0.2, -0.15) is 0 Å². The van der Waals surface area contributed by atoms with Crippen molar-refractivity contribution in [3.05, 3.63) is 40.4 Å². The lowest BCUT2D eigenvalue weighted by atomic mass is 10.0. The van der Waals surface area contributed by atoms with Gasteiger partial charge in [0.15, 0.2) is 5.82 Å². The van der Waals surface area contributed by atoms with Crippen molar-refractivity contribution < 1.29 is 9.13 Å². The van der Waals surface area contributed by atoms with Crippen LogP contribution >= 0.6 is 11.6 Å². The predicted molar refractivity (Wildman–Crippen MR) is 98.4 cm³/mol. The van der Waals surface area contributed by atoms with E-state index in [9.17, 15) is 4.39 Å². The molecule has 24 heavy (non-hydrogen) atoms. The molecule has 0 unspecified atom stereocenters. The van der Waals surface area contributed by atoms with Gasteiger partial charge in [0.2, 0.25) is 0 Å². The summed E-state index contributed by atoms with van der Waals surface area (Å²) in [6, 6.07) is 5.38. The van der Waals surface area contributed by atoms with E-state index in [0.29, 0.717) is 22.5 Å². The molecule has 3 rings (SSSR count). The Morgan fingerprint density at radius 1 is 1.21 bits per heavy atom. The molecule has 1 aromatic heterocycles. The Morgan fingerprint density at radius 2 is 1.92 bits per heavy atom. The van der Waals surface area contributed by atoms with Crippen LogP contribution in [0.4, 0.5) is 4.39 Å². The molecule has 0 N–H and O–H groups in total. The number of nitrogens with zero attached hydrogens (tertiary/aromatic N) is 2. The zero-order valence-electron chi connectivity index (χ0n) is 14.7. The third kappa shape index (κ3) is 4.24. The molecule has 0 aliphatic carbocycles. The van der Waals surface area contributed by atoms with Gasteiger partial charge in [0.25, 0.3) is 0 Å². The highest BCUT2D eigenvalue weighted by Crippen LogP contribution is 2.30. The van der Waals surface area contributed by atoms with Gasteiger partial charge in [0.1, 0.15) is 0 Å². The predicted octanol–water partition coefficient (Wildman–Crippen LogP) is 4.49. The molecule has 1 aliphatic rings. The van der Waals surface area contributed by atoms with E-state index in [1.54, 1.807) is 18.2 Å². The van der Waals surface area contributed by atoms with E-state index in [-0.39, 0.29) is 5.82 Å². The second kappa shape index (κ2) is 9.30. The number of fused-ring (bicyclic) bond motifs is 1. The summed E-state index contributed by atoms with van der Waals surface area (Å²) in [4.78, 5) is 6.90. The lowest BCUT2D eigenvalue weighted by molar-refractivity contribution is 0.0384. The Hall–Kier alpha value is -1.23. The highest BCUT2D eigenvalue weighted by atomic mass is 35.5. The van der Waals surface area contributed by atoms with Crippen LogP contribution in [-0.4, -0.2) is 42.7 Å². The Morgan fingerprint density at radius 3 is 2.58 bits per heavy atom. The largest absolute Gasteiger partial charge is 0.379 e. The first kappa shape index (κ1) is 19.1. The minimum Gasteiger partial charge on any atom is -0.379 e. The summed E-state index contributed by atoms with van der Waals surface area (Å²) in [6.45, 7) is 10.2. The van der Waals surface area contributed by atoms with E-state index in [1.807, 2.05) is 20.8 Å². The van der Waals surface area contributed by atoms with Gasteiger partial charge in [0, 0.05) is 36.8 Å². The summed E-state index contributed by atoms with van der Waals surface area (Å²) in [6.07, 6.45) is 1.35. The third-order valence-corrected chi connectivity index (χ3v) is 4.48. The Labute approximate surface area is 148 Å². The molecule has 0 saturated carbocycles. The maximum atomic E-state index is 14.5. The highest BCUT2D eigenvalue weighted by Gasteiger charge is 2.17. The number of ether oxygens (including phenoxy) is 1. The molecule has 0 amide bonds. The van der Waals surface area contributed by atoms with Crippen LogP contribution in [0.15, 0.2) is 18.2 Å². The molecule has 1 aromatic carbocycles. The Kier molecular flexibility index (Phi) is 7.40. The molecule has 2 heterocycles. The molecule has 1 aliphatic heterocycles. The van der Waals surface area contributed by atoms with E-state index in [4.69, 9.17) is 16.3 Å². The molecule has 1 fully saturated rings. The molecular formula is C19H26ClFN2O. The van der Waals surface area contributed by atoms with Crippen LogP contribution in [-0.2, 0) is 17.6 Å². The summed E-state index contributed by atoms with van der Waals surface area (Å²) >= 11 is 6.31. The normalized spacial score (nSPS) is 15.2. The van der Waals surface area contributed by atoms with Crippen LogP contribution in [0.5, 0.6) is 0 Å². The second-order valence-electron chi connectivity index (χ2n) is 5.54. The van der Waals surface area contributed by atoms with E-state index in [1.165, 1.54) is 0 Å². The SMILES string of the molecule is CC.CCc1nc(CCN2CCOCC2)c2c(Cl)cccc2c1F. The minimum absolute atomic E-state index is 0.241. The summed E-state index contributed by atoms with van der Waals surface area (Å²) < 4.78 is 19.8. The van der Waals surface area contributed by atoms with Gasteiger partial charge in [0.05, 0.1) is 29.6 Å². The van der Waals surface area contributed by atoms with Crippen molar-refractivity contribution in [3.8, 4) is 0 Å². The van der Waals surface area contributed by atoms with Crippen molar-refractivity contribution in [2.24, 2.45) is 0 Å². The zero-order chi connectivity index (χ0) is 17.5. The number of aryl methyl sites for hydroxylation is 1. The molecule has 3 nitrogen and oxygen atoms in total. The van der Waals surface area contributed by atoms with E-state index in [0.717, 1.165) is 50.3 Å². The number of pyridine rings is 1. The summed E-state index contributed by atoms with van der Waals surface area (Å²) in [7, 11) is 0. The summed E-state index contributed by atoms with van der Waals surface area (Å²) in [5.74, 6) is -0.241. The number of rotatable bonds is 4. The van der Waals surface area contributed by atoms with Crippen LogP contribution < -0.4 is 0 Å². The van der Waals surface area contributed by atoms with Crippen molar-refractivity contribution in [1.82, 2.24) is 9.88 Å². The van der Waals surface area contributed by atoms with Gasteiger partial charge in [-0.05, 0) is 12.5 Å². The highest BCUT2D eigenvalue weighted by molar-refractivity contribution is 6.35. The lowest BCUT2D eigenvalue weighted by Gasteiger charge is -2.26. The van der Waals surface area contributed by atoms with Crippen molar-refractivity contribution in [2.45, 2.75) is 33.6 Å². The van der Waals surface area contributed by atoms with Gasteiger partial charge >= 0.3 is 0 Å². The molecule has 1 saturated heterocycles. The summed E-state index contributed by atoms with van der Waals surface area (Å²) in [5.41, 5.74) is 1.41. The topological polar surface area (TPSA) is 25.4 Å². The number of aromatic nitrogens is 1. The average molecular weight is 353 g/mol. The van der Waals surface area contributed by atoms with E-state index >= 15 is 0 Å². The van der Waals surface area contributed by atoms with Crippen LogP contribution in [0.2, 0.25) is 5.02 Å². The number of benzene rings is 1. The molecule has 0 bridgehead atoms. The number of halogens is 2. The summed E-state index contributed by atoms with van der Waals surface area (Å²) in [5, 5.41) is 1.91. The first-order valence-electron chi connectivity index (χ1n) is 8.76. The third-order valence-electron chi connectivity index (χ3n) is 4.17. The molecule has 0 atom stereocenters. The monoisotopic (exact) mass is 352 g/mol. The van der Waals surface area contributed by atoms with Crippen LogP contribution in [0, 0.1) is 5.82 Å². The van der Waals surface area contributed by atoms with Crippen molar-refractivity contribution in [3.63, 3.8) is 0 Å². The fourth-order valence-electron chi connectivity index (χ4n) is 2.93. The first-order chi connectivity index (χ1) is 11.7. The fraction of sp³-hybridized carbons (Fsp3) is 0.526. The van der Waals surface area contributed by atoms with Gasteiger partial charge in [-0.1, -0.05) is 44.5 Å². The van der Waals surface area contributed by atoms with Gasteiger partial charge < -0.3 is 4.74 Å². The Bertz CT molecular complexity index is 672. The van der Waals surface area contributed by atoms with Gasteiger partial charge in [-0.15, -0.1) is 0 Å². The number of hydrogen-bond acceptors (Lipinski definition) is 3. The molecule has 5 heteroatoms. The molecule has 0 radical (unpaired) electrons. The van der Waals surface area contributed by atoms with Crippen molar-refractivity contribution >= 4 is 22.4 Å². The van der Waals surface area contributed by atoms with E-state index < -0.39 is 0 Å². The number of hydrogen-bond donors (Lipinski definition) is 0. The van der Waals surface area contributed by atoms with Crippen molar-refractivity contribution in [2.75, 3.05) is 32.8 Å². The van der Waals surface area contributed by atoms with Crippen LogP contribution in [0.3, 0.4) is 0 Å². The van der Waals surface area contributed by atoms with Gasteiger partial charge in [-0.3, -0.25) is 9.88 Å². The maximum absolute atomic E-state index is 14.5. The number of morpholine rings is 1. The quantitative estimate of drug-likeness (QED) is 0.810. The van der Waals surface area contributed by atoms with Crippen LogP contribution in [0.25, 0.3) is 10.8 Å². The zero-order valence-corrected chi connectivity index (χ0v) is 15.5. The lowest BCUT2D eigenvalue weighted by Crippen LogP contribution is -2.37. The average Bonchev–Trinajstić information content (AvgIpc) is 2.64. The smallest absolute Gasteiger partial charge is 0.152 e. The van der Waals surface area contributed by atoms with E-state index in [2.05, 4.69) is 9.88 Å². The molecule has 132 valence electrons. The molecule has 0 spiro atoms. The maximum Gasteiger partial charge on any atom is 0.152 e. The second-order valence-corrected chi connectivity index (χ2v) is 5.95. The fourth-order valence-corrected chi connectivity index (χ4v) is 3.21. The van der Waals surface area contributed by atoms with Gasteiger partial charge in [-0.25, -0.2) is 4.39 Å². The standard InChI is InChI=1S/C17H20ClFN2O.C2H6/c1-2-14-17(19)12-4-3-5-13(18)16(12)15(20-14)6-7-21-8-10-22-11-9-21;1-2/h3-5H,2,6-11H2,1H3;1-2H3. The first-order valence-corrected chi connectivity index (χ1v) is 9.14. The molecular weight excluding hydrogens is 327 g/mol. The molecule has 2 aromatic rings.